The van der Waals surface area contributed by atoms with E-state index >= 15 is 0 Å². The van der Waals surface area contributed by atoms with E-state index in [0.29, 0.717) is 17.3 Å². The second kappa shape index (κ2) is 5.05. The van der Waals surface area contributed by atoms with Crippen LogP contribution in [0.4, 0.5) is 0 Å². The lowest BCUT2D eigenvalue weighted by molar-refractivity contribution is -0.0463. The Bertz CT molecular complexity index is 209. The molecule has 0 aromatic rings. The average Bonchev–Trinajstić information content (AvgIpc) is 2.29. The predicted molar refractivity (Wildman–Crippen MR) is 65.3 cm³/mol. The van der Waals surface area contributed by atoms with E-state index < -0.39 is 0 Å². The van der Waals surface area contributed by atoms with Gasteiger partial charge in [0.05, 0.1) is 12.7 Å². The number of hydrogen-bond donors (Lipinski definition) is 1. The van der Waals surface area contributed by atoms with Crippen LogP contribution >= 0.6 is 0 Å². The Hall–Kier alpha value is -0.0800. The molecule has 0 bridgehead atoms. The highest BCUT2D eigenvalue weighted by molar-refractivity contribution is 4.85. The summed E-state index contributed by atoms with van der Waals surface area (Å²) in [7, 11) is 0. The summed E-state index contributed by atoms with van der Waals surface area (Å²) in [6.07, 6.45) is 7.09. The fourth-order valence-corrected chi connectivity index (χ4v) is 3.18. The van der Waals surface area contributed by atoms with Gasteiger partial charge in [-0.25, -0.2) is 0 Å². The first-order valence-corrected chi connectivity index (χ1v) is 6.84. The van der Waals surface area contributed by atoms with Crippen molar-refractivity contribution >= 4 is 0 Å². The smallest absolute Gasteiger partial charge is 0.0618 e. The molecule has 2 atom stereocenters. The van der Waals surface area contributed by atoms with Crippen molar-refractivity contribution in [2.45, 2.75) is 58.5 Å². The normalized spacial score (nSPS) is 33.6. The van der Waals surface area contributed by atoms with Crippen molar-refractivity contribution in [3.05, 3.63) is 0 Å². The van der Waals surface area contributed by atoms with Crippen LogP contribution < -0.4 is 0 Å². The number of aliphatic hydroxyl groups excluding tert-OH is 1. The van der Waals surface area contributed by atoms with E-state index in [1.165, 1.54) is 25.7 Å². The minimum absolute atomic E-state index is 0.114. The molecule has 2 heteroatoms. The van der Waals surface area contributed by atoms with Crippen LogP contribution in [0, 0.1) is 17.3 Å². The molecule has 0 aromatic heterocycles. The largest absolute Gasteiger partial charge is 0.392 e. The van der Waals surface area contributed by atoms with Gasteiger partial charge in [0, 0.05) is 12.5 Å². The Morgan fingerprint density at radius 3 is 2.38 bits per heavy atom. The lowest BCUT2D eigenvalue weighted by atomic mass is 9.69. The maximum atomic E-state index is 10.4. The predicted octanol–water partition coefficient (Wildman–Crippen LogP) is 2.99. The van der Waals surface area contributed by atoms with Gasteiger partial charge in [0.2, 0.25) is 0 Å². The second-order valence-electron chi connectivity index (χ2n) is 6.47. The summed E-state index contributed by atoms with van der Waals surface area (Å²) in [5.41, 5.74) is 0.499. The van der Waals surface area contributed by atoms with Gasteiger partial charge in [-0.3, -0.25) is 0 Å². The Morgan fingerprint density at radius 1 is 1.12 bits per heavy atom. The van der Waals surface area contributed by atoms with Gasteiger partial charge in [-0.1, -0.05) is 13.8 Å². The third-order valence-electron chi connectivity index (χ3n) is 4.55. The Labute approximate surface area is 99.4 Å². The molecule has 1 saturated carbocycles. The summed E-state index contributed by atoms with van der Waals surface area (Å²) in [5, 5.41) is 10.4. The van der Waals surface area contributed by atoms with Crippen molar-refractivity contribution in [3.8, 4) is 0 Å². The molecule has 1 N–H and O–H groups in total. The molecular weight excluding hydrogens is 200 g/mol. The first kappa shape index (κ1) is 12.4. The van der Waals surface area contributed by atoms with Crippen molar-refractivity contribution in [3.63, 3.8) is 0 Å². The van der Waals surface area contributed by atoms with E-state index in [1.54, 1.807) is 0 Å². The number of rotatable bonds is 2. The van der Waals surface area contributed by atoms with Crippen LogP contribution in [0.15, 0.2) is 0 Å². The van der Waals surface area contributed by atoms with Crippen LogP contribution in [0.5, 0.6) is 0 Å². The summed E-state index contributed by atoms with van der Waals surface area (Å²) in [6.45, 7) is 6.36. The summed E-state index contributed by atoms with van der Waals surface area (Å²) >= 11 is 0. The Kier molecular flexibility index (Phi) is 3.91. The van der Waals surface area contributed by atoms with Gasteiger partial charge < -0.3 is 9.84 Å². The minimum atomic E-state index is -0.114. The summed E-state index contributed by atoms with van der Waals surface area (Å²) < 4.78 is 5.47. The lowest BCUT2D eigenvalue weighted by Gasteiger charge is -2.39. The van der Waals surface area contributed by atoms with Gasteiger partial charge in [0.1, 0.15) is 0 Å². The lowest BCUT2D eigenvalue weighted by Crippen LogP contribution is -2.37. The molecule has 2 nitrogen and oxygen atoms in total. The standard InChI is InChI=1S/C14H26O2/c1-14(2)7-5-11(6-8-14)13(15)12-4-3-9-16-10-12/h11-13,15H,3-10H2,1-2H3. The molecule has 0 amide bonds. The van der Waals surface area contributed by atoms with E-state index in [9.17, 15) is 5.11 Å². The highest BCUT2D eigenvalue weighted by atomic mass is 16.5. The molecule has 94 valence electrons. The van der Waals surface area contributed by atoms with Crippen LogP contribution in [0.1, 0.15) is 52.4 Å². The van der Waals surface area contributed by atoms with Crippen molar-refractivity contribution < 1.29 is 9.84 Å². The summed E-state index contributed by atoms with van der Waals surface area (Å²) in [6, 6.07) is 0. The van der Waals surface area contributed by atoms with Crippen molar-refractivity contribution in [2.75, 3.05) is 13.2 Å². The van der Waals surface area contributed by atoms with Crippen molar-refractivity contribution in [2.24, 2.45) is 17.3 Å². The highest BCUT2D eigenvalue weighted by Gasteiger charge is 2.34. The molecule has 1 aliphatic heterocycles. The third-order valence-corrected chi connectivity index (χ3v) is 4.55. The van der Waals surface area contributed by atoms with E-state index in [1.807, 2.05) is 0 Å². The molecule has 0 spiro atoms. The van der Waals surface area contributed by atoms with Crippen LogP contribution in [-0.2, 0) is 4.74 Å². The summed E-state index contributed by atoms with van der Waals surface area (Å²) in [5.74, 6) is 0.930. The topological polar surface area (TPSA) is 29.5 Å². The highest BCUT2D eigenvalue weighted by Crippen LogP contribution is 2.41. The van der Waals surface area contributed by atoms with Gasteiger partial charge in [0.25, 0.3) is 0 Å². The second-order valence-corrected chi connectivity index (χ2v) is 6.47. The number of aliphatic hydroxyl groups is 1. The molecule has 2 aliphatic rings. The van der Waals surface area contributed by atoms with Crippen LogP contribution in [0.25, 0.3) is 0 Å². The molecule has 1 aliphatic carbocycles. The molecular formula is C14H26O2. The average molecular weight is 226 g/mol. The number of hydrogen-bond acceptors (Lipinski definition) is 2. The Balaban J connectivity index is 1.83. The molecule has 0 aromatic carbocycles. The van der Waals surface area contributed by atoms with Crippen molar-refractivity contribution in [1.29, 1.82) is 0 Å². The molecule has 1 heterocycles. The quantitative estimate of drug-likeness (QED) is 0.784. The fourth-order valence-electron chi connectivity index (χ4n) is 3.18. The number of ether oxygens (including phenoxy) is 1. The zero-order valence-electron chi connectivity index (χ0n) is 10.7. The van der Waals surface area contributed by atoms with E-state index in [-0.39, 0.29) is 6.10 Å². The van der Waals surface area contributed by atoms with Gasteiger partial charge in [0.15, 0.2) is 0 Å². The van der Waals surface area contributed by atoms with E-state index in [2.05, 4.69) is 13.8 Å². The fraction of sp³-hybridized carbons (Fsp3) is 1.00. The molecule has 0 radical (unpaired) electrons. The molecule has 2 rings (SSSR count). The monoisotopic (exact) mass is 226 g/mol. The minimum Gasteiger partial charge on any atom is -0.392 e. The van der Waals surface area contributed by atoms with E-state index in [4.69, 9.17) is 4.74 Å². The van der Waals surface area contributed by atoms with Crippen molar-refractivity contribution in [1.82, 2.24) is 0 Å². The van der Waals surface area contributed by atoms with Gasteiger partial charge in [-0.15, -0.1) is 0 Å². The van der Waals surface area contributed by atoms with Crippen LogP contribution in [0.3, 0.4) is 0 Å². The van der Waals surface area contributed by atoms with Gasteiger partial charge in [-0.05, 0) is 49.9 Å². The molecule has 16 heavy (non-hydrogen) atoms. The first-order chi connectivity index (χ1) is 7.58. The third kappa shape index (κ3) is 2.98. The van der Waals surface area contributed by atoms with E-state index in [0.717, 1.165) is 26.1 Å². The zero-order valence-corrected chi connectivity index (χ0v) is 10.7. The SMILES string of the molecule is CC1(C)CCC(C(O)C2CCCOC2)CC1. The van der Waals surface area contributed by atoms with Crippen LogP contribution in [-0.4, -0.2) is 24.4 Å². The maximum Gasteiger partial charge on any atom is 0.0618 e. The molecule has 1 saturated heterocycles. The zero-order chi connectivity index (χ0) is 11.6. The summed E-state index contributed by atoms with van der Waals surface area (Å²) in [4.78, 5) is 0. The first-order valence-electron chi connectivity index (χ1n) is 6.84. The molecule has 2 fully saturated rings. The Morgan fingerprint density at radius 2 is 1.81 bits per heavy atom. The maximum absolute atomic E-state index is 10.4. The van der Waals surface area contributed by atoms with Crippen LogP contribution in [0.2, 0.25) is 0 Å². The molecule has 2 unspecified atom stereocenters. The van der Waals surface area contributed by atoms with Gasteiger partial charge >= 0.3 is 0 Å². The van der Waals surface area contributed by atoms with Gasteiger partial charge in [-0.2, -0.15) is 0 Å².